The van der Waals surface area contributed by atoms with Gasteiger partial charge in [-0.1, -0.05) is 90.4 Å². The molecule has 0 aromatic rings. The number of unbranched alkanes of at least 4 members (excludes halogenated alkanes) is 13. The van der Waals surface area contributed by atoms with Crippen LogP contribution in [-0.4, -0.2) is 98.9 Å². The van der Waals surface area contributed by atoms with Crippen molar-refractivity contribution in [3.05, 3.63) is 0 Å². The Hall–Kier alpha value is -0.410. The number of hydrogen-bond acceptors (Lipinski definition) is 11. The molecule has 0 aliphatic heterocycles. The van der Waals surface area contributed by atoms with E-state index < -0.39 is 10.4 Å². The predicted molar refractivity (Wildman–Crippen MR) is 152 cm³/mol. The van der Waals surface area contributed by atoms with Crippen LogP contribution in [0, 0.1) is 0 Å². The van der Waals surface area contributed by atoms with Gasteiger partial charge in [0.2, 0.25) is 10.4 Å². The fraction of sp³-hybridized carbons (Fsp3) is 1.00. The maximum absolute atomic E-state index is 10.1. The van der Waals surface area contributed by atoms with E-state index in [1.54, 1.807) is 0 Å². The molecular formula is C28H57O11S-. The van der Waals surface area contributed by atoms with Gasteiger partial charge in [0, 0.05) is 6.61 Å². The first-order valence-electron chi connectivity index (χ1n) is 15.3. The lowest BCUT2D eigenvalue weighted by Crippen LogP contribution is -2.15. The van der Waals surface area contributed by atoms with Gasteiger partial charge >= 0.3 is 0 Å². The Kier molecular flexibility index (Phi) is 32.8. The molecule has 0 saturated heterocycles. The van der Waals surface area contributed by atoms with Crippen molar-refractivity contribution in [2.75, 3.05) is 85.9 Å². The number of hydrogen-bond donors (Lipinski definition) is 0. The van der Waals surface area contributed by atoms with E-state index in [9.17, 15) is 13.0 Å². The topological polar surface area (TPSA) is 131 Å². The first-order chi connectivity index (χ1) is 19.6. The average molecular weight is 602 g/mol. The van der Waals surface area contributed by atoms with E-state index in [1.165, 1.54) is 83.5 Å². The highest BCUT2D eigenvalue weighted by Gasteiger charge is 1.98. The summed E-state index contributed by atoms with van der Waals surface area (Å²) in [7, 11) is -4.84. The highest BCUT2D eigenvalue weighted by molar-refractivity contribution is 7.80. The van der Waals surface area contributed by atoms with Crippen LogP contribution in [0.15, 0.2) is 0 Å². The molecule has 0 radical (unpaired) electrons. The van der Waals surface area contributed by atoms with Gasteiger partial charge < -0.3 is 33.0 Å². The molecule has 0 atom stereocenters. The van der Waals surface area contributed by atoms with Crippen LogP contribution in [0.2, 0.25) is 0 Å². The molecule has 242 valence electrons. The van der Waals surface area contributed by atoms with Crippen LogP contribution in [0.1, 0.15) is 96.8 Å². The third-order valence-electron chi connectivity index (χ3n) is 5.94. The molecule has 12 heteroatoms. The molecule has 0 unspecified atom stereocenters. The molecule has 0 heterocycles. The van der Waals surface area contributed by atoms with E-state index in [2.05, 4.69) is 16.1 Å². The fourth-order valence-electron chi connectivity index (χ4n) is 3.79. The minimum Gasteiger partial charge on any atom is -0.724 e. The van der Waals surface area contributed by atoms with Crippen molar-refractivity contribution >= 4 is 10.4 Å². The summed E-state index contributed by atoms with van der Waals surface area (Å²) in [5, 5.41) is 0. The van der Waals surface area contributed by atoms with E-state index in [-0.39, 0.29) is 13.2 Å². The Bertz CT molecular complexity index is 579. The van der Waals surface area contributed by atoms with Crippen molar-refractivity contribution in [1.29, 1.82) is 0 Å². The summed E-state index contributed by atoms with van der Waals surface area (Å²) in [6.07, 6.45) is 19.1. The van der Waals surface area contributed by atoms with Crippen LogP contribution >= 0.6 is 0 Å². The third-order valence-corrected chi connectivity index (χ3v) is 6.21. The molecule has 0 spiro atoms. The van der Waals surface area contributed by atoms with Crippen molar-refractivity contribution in [2.45, 2.75) is 96.8 Å². The average Bonchev–Trinajstić information content (AvgIpc) is 2.92. The zero-order valence-electron chi connectivity index (χ0n) is 25.0. The standard InChI is InChI=1S/C28H58O11S/c1-2-3-4-5-6-7-8-9-10-11-12-13-14-15-16-32-17-18-33-19-20-34-21-22-35-23-24-36-25-26-37-27-28-38-39-40(29,30)31/h2-28H2,1H3,(H,29,30,31)/p-1. The summed E-state index contributed by atoms with van der Waals surface area (Å²) in [6, 6.07) is 0. The van der Waals surface area contributed by atoms with Gasteiger partial charge in [0.25, 0.3) is 0 Å². The normalized spacial score (nSPS) is 11.9. The molecule has 0 aromatic heterocycles. The van der Waals surface area contributed by atoms with Gasteiger partial charge in [0.05, 0.1) is 72.7 Å². The molecule has 0 N–H and O–H groups in total. The Morgan fingerprint density at radius 1 is 0.400 bits per heavy atom. The van der Waals surface area contributed by atoms with Gasteiger partial charge in [-0.2, -0.15) is 0 Å². The van der Waals surface area contributed by atoms with Crippen LogP contribution in [0.3, 0.4) is 0 Å². The molecular weight excluding hydrogens is 544 g/mol. The van der Waals surface area contributed by atoms with Gasteiger partial charge in [-0.3, -0.25) is 0 Å². The quantitative estimate of drug-likeness (QED) is 0.0320. The lowest BCUT2D eigenvalue weighted by Gasteiger charge is -2.08. The summed E-state index contributed by atoms with van der Waals surface area (Å²) >= 11 is 0. The first kappa shape index (κ1) is 39.6. The Morgan fingerprint density at radius 2 is 0.675 bits per heavy atom. The van der Waals surface area contributed by atoms with Crippen molar-refractivity contribution in [1.82, 2.24) is 0 Å². The summed E-state index contributed by atoms with van der Waals surface area (Å²) < 4.78 is 66.3. The SMILES string of the molecule is CCCCCCCCCCCCCCCCOCCOCCOCCOCCOCCOCCOOS(=O)(=O)[O-]. The van der Waals surface area contributed by atoms with Crippen molar-refractivity contribution in [3.8, 4) is 0 Å². The van der Waals surface area contributed by atoms with E-state index in [0.29, 0.717) is 66.1 Å². The van der Waals surface area contributed by atoms with Crippen LogP contribution < -0.4 is 0 Å². The maximum atomic E-state index is 10.1. The number of ether oxygens (including phenoxy) is 6. The minimum absolute atomic E-state index is 0.0724. The second-order valence-electron chi connectivity index (χ2n) is 9.57. The summed E-state index contributed by atoms with van der Waals surface area (Å²) in [5.74, 6) is 0. The highest BCUT2D eigenvalue weighted by atomic mass is 32.3. The van der Waals surface area contributed by atoms with E-state index in [4.69, 9.17) is 28.4 Å². The van der Waals surface area contributed by atoms with Gasteiger partial charge in [0.15, 0.2) is 0 Å². The summed E-state index contributed by atoms with van der Waals surface area (Å²) in [6.45, 7) is 7.71. The van der Waals surface area contributed by atoms with Crippen molar-refractivity contribution in [2.24, 2.45) is 0 Å². The van der Waals surface area contributed by atoms with Gasteiger partial charge in [-0.25, -0.2) is 13.3 Å². The largest absolute Gasteiger partial charge is 0.724 e. The molecule has 0 fully saturated rings. The fourth-order valence-corrected chi connectivity index (χ4v) is 3.97. The van der Waals surface area contributed by atoms with Crippen LogP contribution in [0.4, 0.5) is 0 Å². The van der Waals surface area contributed by atoms with E-state index in [1.807, 2.05) is 0 Å². The van der Waals surface area contributed by atoms with Crippen LogP contribution in [0.5, 0.6) is 0 Å². The maximum Gasteiger partial charge on any atom is 0.245 e. The Balaban J connectivity index is 3.05. The summed E-state index contributed by atoms with van der Waals surface area (Å²) in [5.41, 5.74) is 0. The van der Waals surface area contributed by atoms with E-state index in [0.717, 1.165) is 13.0 Å². The molecule has 0 aliphatic rings. The molecule has 0 amide bonds. The lowest BCUT2D eigenvalue weighted by atomic mass is 10.0. The third kappa shape index (κ3) is 37.6. The van der Waals surface area contributed by atoms with E-state index >= 15 is 0 Å². The zero-order chi connectivity index (χ0) is 29.2. The molecule has 0 aromatic carbocycles. The monoisotopic (exact) mass is 601 g/mol. The van der Waals surface area contributed by atoms with Gasteiger partial charge in [-0.15, -0.1) is 4.33 Å². The van der Waals surface area contributed by atoms with Crippen LogP contribution in [-0.2, 0) is 48.0 Å². The van der Waals surface area contributed by atoms with Crippen LogP contribution in [0.25, 0.3) is 0 Å². The Morgan fingerprint density at radius 3 is 1.00 bits per heavy atom. The smallest absolute Gasteiger partial charge is 0.245 e. The second-order valence-corrected chi connectivity index (χ2v) is 10.5. The summed E-state index contributed by atoms with van der Waals surface area (Å²) in [4.78, 5) is 4.15. The number of rotatable bonds is 35. The first-order valence-corrected chi connectivity index (χ1v) is 16.6. The van der Waals surface area contributed by atoms with Gasteiger partial charge in [0.1, 0.15) is 6.61 Å². The molecule has 40 heavy (non-hydrogen) atoms. The van der Waals surface area contributed by atoms with Gasteiger partial charge in [-0.05, 0) is 6.42 Å². The minimum atomic E-state index is -4.84. The predicted octanol–water partition coefficient (Wildman–Crippen LogP) is 4.98. The van der Waals surface area contributed by atoms with Crippen molar-refractivity contribution in [3.63, 3.8) is 0 Å². The highest BCUT2D eigenvalue weighted by Crippen LogP contribution is 2.12. The second kappa shape index (κ2) is 33.1. The Labute approximate surface area is 243 Å². The molecule has 0 saturated carbocycles. The molecule has 0 rings (SSSR count). The molecule has 11 nitrogen and oxygen atoms in total. The molecule has 0 aliphatic carbocycles. The van der Waals surface area contributed by atoms with Crippen molar-refractivity contribution < 1.29 is 50.6 Å². The lowest BCUT2D eigenvalue weighted by molar-refractivity contribution is -0.217. The zero-order valence-corrected chi connectivity index (χ0v) is 25.8. The molecule has 0 bridgehead atoms.